The Labute approximate surface area is 158 Å². The van der Waals surface area contributed by atoms with Crippen LogP contribution in [-0.2, 0) is 10.2 Å². The smallest absolute Gasteiger partial charge is 0.343 e. The van der Waals surface area contributed by atoms with Gasteiger partial charge in [0, 0.05) is 5.56 Å². The second-order valence-corrected chi connectivity index (χ2v) is 7.21. The lowest BCUT2D eigenvalue weighted by molar-refractivity contribution is 0.0633. The maximum absolute atomic E-state index is 12.2. The molecular formula is C23H22O4. The summed E-state index contributed by atoms with van der Waals surface area (Å²) in [5.74, 6) is 0.581. The summed E-state index contributed by atoms with van der Waals surface area (Å²) >= 11 is 0. The van der Waals surface area contributed by atoms with Gasteiger partial charge in [-0.25, -0.2) is 4.79 Å². The normalized spacial score (nSPS) is 16.5. The third kappa shape index (κ3) is 4.17. The number of benzene rings is 2. The van der Waals surface area contributed by atoms with Crippen LogP contribution in [0.2, 0.25) is 0 Å². The van der Waals surface area contributed by atoms with E-state index in [0.29, 0.717) is 16.9 Å². The van der Waals surface area contributed by atoms with Crippen LogP contribution in [0.5, 0.6) is 5.75 Å². The minimum absolute atomic E-state index is 0.124. The molecule has 1 N–H and O–H groups in total. The molecule has 1 aliphatic carbocycles. The van der Waals surface area contributed by atoms with E-state index in [1.807, 2.05) is 24.3 Å². The maximum atomic E-state index is 12.2. The molecule has 1 atom stereocenters. The summed E-state index contributed by atoms with van der Waals surface area (Å²) in [5, 5.41) is 9.49. The molecule has 27 heavy (non-hydrogen) atoms. The van der Waals surface area contributed by atoms with Crippen LogP contribution < -0.4 is 0 Å². The number of allylic oxidation sites excluding steroid dienone is 3. The molecule has 4 nitrogen and oxygen atoms in total. The Morgan fingerprint density at radius 1 is 1.11 bits per heavy atom. The zero-order chi connectivity index (χ0) is 19.4. The Balaban J connectivity index is 1.65. The van der Waals surface area contributed by atoms with E-state index < -0.39 is 5.97 Å². The molecule has 0 aliphatic heterocycles. The minimum atomic E-state index is -0.445. The summed E-state index contributed by atoms with van der Waals surface area (Å²) in [7, 11) is 0. The van der Waals surface area contributed by atoms with Crippen LogP contribution >= 0.6 is 0 Å². The monoisotopic (exact) mass is 362 g/mol. The number of carbonyl (C=O) groups excluding carboxylic acids is 2. The van der Waals surface area contributed by atoms with Gasteiger partial charge in [-0.05, 0) is 59.7 Å². The average molecular weight is 362 g/mol. The van der Waals surface area contributed by atoms with Gasteiger partial charge < -0.3 is 9.84 Å². The summed E-state index contributed by atoms with van der Waals surface area (Å²) in [4.78, 5) is 22.9. The first-order valence-electron chi connectivity index (χ1n) is 8.85. The molecule has 0 aromatic heterocycles. The van der Waals surface area contributed by atoms with E-state index in [-0.39, 0.29) is 17.1 Å². The minimum Gasteiger partial charge on any atom is -0.508 e. The average Bonchev–Trinajstić information content (AvgIpc) is 2.69. The first-order valence-corrected chi connectivity index (χ1v) is 8.85. The van der Waals surface area contributed by atoms with Crippen molar-refractivity contribution in [3.8, 4) is 5.75 Å². The Morgan fingerprint density at radius 2 is 1.78 bits per heavy atom. The van der Waals surface area contributed by atoms with Crippen molar-refractivity contribution >= 4 is 12.3 Å². The van der Waals surface area contributed by atoms with Gasteiger partial charge in [-0.2, -0.15) is 0 Å². The SMILES string of the molecule is CC(C)(c1ccc(O)cc1)C1C=CC(OC(=O)c2ccc(C=O)cc2)=CC1. The number of aldehydes is 1. The van der Waals surface area contributed by atoms with Crippen LogP contribution in [0.15, 0.2) is 72.5 Å². The van der Waals surface area contributed by atoms with Crippen molar-refractivity contribution in [3.63, 3.8) is 0 Å². The van der Waals surface area contributed by atoms with Gasteiger partial charge in [-0.15, -0.1) is 0 Å². The standard InChI is InChI=1S/C23H22O4/c1-23(2,18-7-11-20(25)12-8-18)19-9-13-21(14-10-19)27-22(26)17-5-3-16(15-24)4-6-17/h3-9,11-15,19,25H,10H2,1-2H3. The van der Waals surface area contributed by atoms with Gasteiger partial charge in [0.05, 0.1) is 5.56 Å². The van der Waals surface area contributed by atoms with Crippen molar-refractivity contribution < 1.29 is 19.4 Å². The van der Waals surface area contributed by atoms with E-state index in [1.54, 1.807) is 36.4 Å². The molecule has 0 saturated carbocycles. The molecule has 4 heteroatoms. The number of ether oxygens (including phenoxy) is 1. The Kier molecular flexibility index (Phi) is 5.26. The lowest BCUT2D eigenvalue weighted by Gasteiger charge is -2.34. The van der Waals surface area contributed by atoms with Crippen LogP contribution in [0.1, 0.15) is 46.5 Å². The maximum Gasteiger partial charge on any atom is 0.343 e. The van der Waals surface area contributed by atoms with Crippen LogP contribution in [-0.4, -0.2) is 17.4 Å². The highest BCUT2D eigenvalue weighted by atomic mass is 16.5. The van der Waals surface area contributed by atoms with Gasteiger partial charge >= 0.3 is 5.97 Å². The lowest BCUT2D eigenvalue weighted by atomic mass is 9.71. The van der Waals surface area contributed by atoms with Crippen molar-refractivity contribution in [2.75, 3.05) is 0 Å². The lowest BCUT2D eigenvalue weighted by Crippen LogP contribution is -2.28. The van der Waals surface area contributed by atoms with E-state index in [9.17, 15) is 14.7 Å². The van der Waals surface area contributed by atoms with Crippen LogP contribution in [0, 0.1) is 5.92 Å². The second-order valence-electron chi connectivity index (χ2n) is 7.21. The molecule has 3 rings (SSSR count). The molecule has 0 spiro atoms. The molecule has 0 saturated heterocycles. The van der Waals surface area contributed by atoms with Crippen molar-refractivity contribution in [2.24, 2.45) is 5.92 Å². The number of esters is 1. The summed E-state index contributed by atoms with van der Waals surface area (Å²) in [6.45, 7) is 4.32. The Bertz CT molecular complexity index is 887. The summed E-state index contributed by atoms with van der Waals surface area (Å²) < 4.78 is 5.45. The highest BCUT2D eigenvalue weighted by molar-refractivity contribution is 5.91. The largest absolute Gasteiger partial charge is 0.508 e. The fraction of sp³-hybridized carbons (Fsp3) is 0.217. The van der Waals surface area contributed by atoms with Gasteiger partial charge in [0.2, 0.25) is 0 Å². The molecule has 0 fully saturated rings. The fourth-order valence-corrected chi connectivity index (χ4v) is 3.18. The molecule has 0 radical (unpaired) electrons. The quantitative estimate of drug-likeness (QED) is 0.613. The number of hydrogen-bond acceptors (Lipinski definition) is 4. The Morgan fingerprint density at radius 3 is 2.33 bits per heavy atom. The number of phenolic OH excluding ortho intramolecular Hbond substituents is 1. The molecular weight excluding hydrogens is 340 g/mol. The molecule has 138 valence electrons. The zero-order valence-corrected chi connectivity index (χ0v) is 15.4. The highest BCUT2D eigenvalue weighted by Crippen LogP contribution is 2.37. The molecule has 0 bridgehead atoms. The first kappa shape index (κ1) is 18.6. The number of rotatable bonds is 5. The molecule has 1 unspecified atom stereocenters. The summed E-state index contributed by atoms with van der Waals surface area (Å²) in [5.41, 5.74) is 1.93. The van der Waals surface area contributed by atoms with Crippen LogP contribution in [0.4, 0.5) is 0 Å². The number of hydrogen-bond donors (Lipinski definition) is 1. The fourth-order valence-electron chi connectivity index (χ4n) is 3.18. The van der Waals surface area contributed by atoms with Crippen molar-refractivity contribution in [1.82, 2.24) is 0 Å². The third-order valence-electron chi connectivity index (χ3n) is 5.10. The number of carbonyl (C=O) groups is 2. The summed E-state index contributed by atoms with van der Waals surface area (Å²) in [6, 6.07) is 13.6. The third-order valence-corrected chi connectivity index (χ3v) is 5.10. The van der Waals surface area contributed by atoms with E-state index in [4.69, 9.17) is 4.74 Å². The van der Waals surface area contributed by atoms with Gasteiger partial charge in [0.1, 0.15) is 17.8 Å². The molecule has 0 heterocycles. The van der Waals surface area contributed by atoms with Crippen molar-refractivity contribution in [1.29, 1.82) is 0 Å². The predicted octanol–water partition coefficient (Wildman–Crippen LogP) is 4.80. The van der Waals surface area contributed by atoms with Crippen LogP contribution in [0.3, 0.4) is 0 Å². The van der Waals surface area contributed by atoms with Gasteiger partial charge in [-0.3, -0.25) is 4.79 Å². The van der Waals surface area contributed by atoms with Crippen LogP contribution in [0.25, 0.3) is 0 Å². The van der Waals surface area contributed by atoms with Gasteiger partial charge in [0.25, 0.3) is 0 Å². The van der Waals surface area contributed by atoms with E-state index in [0.717, 1.165) is 18.3 Å². The van der Waals surface area contributed by atoms with Crippen molar-refractivity contribution in [3.05, 3.63) is 89.2 Å². The van der Waals surface area contributed by atoms with Gasteiger partial charge in [-0.1, -0.05) is 44.2 Å². The second kappa shape index (κ2) is 7.62. The highest BCUT2D eigenvalue weighted by Gasteiger charge is 2.30. The molecule has 2 aromatic carbocycles. The van der Waals surface area contributed by atoms with E-state index in [1.165, 1.54) is 0 Å². The Hall–Kier alpha value is -3.14. The number of phenols is 1. The topological polar surface area (TPSA) is 63.6 Å². The first-order chi connectivity index (χ1) is 12.9. The predicted molar refractivity (Wildman–Crippen MR) is 104 cm³/mol. The summed E-state index contributed by atoms with van der Waals surface area (Å²) in [6.07, 6.45) is 7.29. The van der Waals surface area contributed by atoms with Gasteiger partial charge in [0.15, 0.2) is 0 Å². The van der Waals surface area contributed by atoms with E-state index in [2.05, 4.69) is 19.9 Å². The molecule has 0 amide bonds. The van der Waals surface area contributed by atoms with E-state index >= 15 is 0 Å². The van der Waals surface area contributed by atoms with Crippen molar-refractivity contribution in [2.45, 2.75) is 25.7 Å². The number of aromatic hydroxyl groups is 1. The molecule has 2 aromatic rings. The zero-order valence-electron chi connectivity index (χ0n) is 15.4. The molecule has 1 aliphatic rings.